The van der Waals surface area contributed by atoms with Gasteiger partial charge >= 0.3 is 0 Å². The van der Waals surface area contributed by atoms with Gasteiger partial charge in [0.1, 0.15) is 10.9 Å². The summed E-state index contributed by atoms with van der Waals surface area (Å²) in [5.41, 5.74) is 0. The first-order chi connectivity index (χ1) is 9.15. The zero-order chi connectivity index (χ0) is 13.4. The Balaban J connectivity index is 1.83. The molecule has 1 aliphatic rings. The van der Waals surface area contributed by atoms with E-state index in [1.54, 1.807) is 12.1 Å². The molecule has 0 radical (unpaired) electrons. The van der Waals surface area contributed by atoms with E-state index < -0.39 is 6.10 Å². The van der Waals surface area contributed by atoms with Gasteiger partial charge in [0.25, 0.3) is 0 Å². The summed E-state index contributed by atoms with van der Waals surface area (Å²) in [5.74, 6) is 1.14. The SMILES string of the molecule is O=C(c1cc(Br)c(Cl)s1)C1COc2ccccc2O1. The monoisotopic (exact) mass is 358 g/mol. The Hall–Kier alpha value is -1.04. The molecule has 1 atom stereocenters. The summed E-state index contributed by atoms with van der Waals surface area (Å²) in [6, 6.07) is 9.01. The molecule has 0 spiro atoms. The fourth-order valence-corrected chi connectivity index (χ4v) is 3.46. The molecule has 1 aromatic heterocycles. The van der Waals surface area contributed by atoms with Crippen LogP contribution in [0.5, 0.6) is 11.5 Å². The molecule has 1 aromatic carbocycles. The number of halogens is 2. The van der Waals surface area contributed by atoms with Gasteiger partial charge in [0.15, 0.2) is 17.6 Å². The van der Waals surface area contributed by atoms with Crippen molar-refractivity contribution in [3.63, 3.8) is 0 Å². The van der Waals surface area contributed by atoms with Gasteiger partial charge in [0.2, 0.25) is 5.78 Å². The summed E-state index contributed by atoms with van der Waals surface area (Å²) < 4.78 is 12.5. The van der Waals surface area contributed by atoms with Crippen LogP contribution in [-0.4, -0.2) is 18.5 Å². The van der Waals surface area contributed by atoms with E-state index in [0.29, 0.717) is 20.7 Å². The van der Waals surface area contributed by atoms with Crippen molar-refractivity contribution < 1.29 is 14.3 Å². The zero-order valence-corrected chi connectivity index (χ0v) is 12.7. The largest absolute Gasteiger partial charge is 0.485 e. The van der Waals surface area contributed by atoms with Crippen LogP contribution in [0.4, 0.5) is 0 Å². The van der Waals surface area contributed by atoms with Crippen molar-refractivity contribution >= 4 is 44.7 Å². The first-order valence-corrected chi connectivity index (χ1v) is 7.51. The Morgan fingerprint density at radius 1 is 1.37 bits per heavy atom. The molecular formula is C13H8BrClO3S. The normalized spacial score (nSPS) is 17.3. The molecule has 1 unspecified atom stereocenters. The number of carbonyl (C=O) groups excluding carboxylic acids is 1. The van der Waals surface area contributed by atoms with Gasteiger partial charge in [-0.3, -0.25) is 4.79 Å². The van der Waals surface area contributed by atoms with Crippen LogP contribution in [0.3, 0.4) is 0 Å². The quantitative estimate of drug-likeness (QED) is 0.754. The Labute approximate surface area is 127 Å². The highest BCUT2D eigenvalue weighted by Gasteiger charge is 2.29. The molecule has 0 amide bonds. The number of rotatable bonds is 2. The lowest BCUT2D eigenvalue weighted by atomic mass is 10.2. The maximum atomic E-state index is 12.3. The van der Waals surface area contributed by atoms with Crippen molar-refractivity contribution in [2.45, 2.75) is 6.10 Å². The maximum Gasteiger partial charge on any atom is 0.216 e. The lowest BCUT2D eigenvalue weighted by Gasteiger charge is -2.25. The minimum atomic E-state index is -0.628. The number of ether oxygens (including phenoxy) is 2. The second kappa shape index (κ2) is 5.15. The average Bonchev–Trinajstić information content (AvgIpc) is 2.77. The number of thiophene rings is 1. The molecule has 3 rings (SSSR count). The van der Waals surface area contributed by atoms with Gasteiger partial charge in [0, 0.05) is 4.47 Å². The topological polar surface area (TPSA) is 35.5 Å². The van der Waals surface area contributed by atoms with Crippen molar-refractivity contribution in [1.82, 2.24) is 0 Å². The molecule has 0 fully saturated rings. The smallest absolute Gasteiger partial charge is 0.216 e. The van der Waals surface area contributed by atoms with E-state index in [4.69, 9.17) is 21.1 Å². The molecule has 0 N–H and O–H groups in total. The van der Waals surface area contributed by atoms with Crippen LogP contribution in [0.1, 0.15) is 9.67 Å². The van der Waals surface area contributed by atoms with Gasteiger partial charge in [-0.05, 0) is 34.1 Å². The van der Waals surface area contributed by atoms with Crippen molar-refractivity contribution in [3.8, 4) is 11.5 Å². The maximum absolute atomic E-state index is 12.3. The molecule has 19 heavy (non-hydrogen) atoms. The van der Waals surface area contributed by atoms with Gasteiger partial charge in [-0.15, -0.1) is 11.3 Å². The third-order valence-electron chi connectivity index (χ3n) is 2.69. The van der Waals surface area contributed by atoms with Crippen LogP contribution in [-0.2, 0) is 0 Å². The number of hydrogen-bond acceptors (Lipinski definition) is 4. The minimum Gasteiger partial charge on any atom is -0.485 e. The van der Waals surface area contributed by atoms with Crippen molar-refractivity contribution in [2.75, 3.05) is 6.61 Å². The molecule has 2 aromatic rings. The molecule has 98 valence electrons. The predicted octanol–water partition coefficient (Wildman–Crippen LogP) is 4.19. The van der Waals surface area contributed by atoms with E-state index in [-0.39, 0.29) is 12.4 Å². The zero-order valence-electron chi connectivity index (χ0n) is 9.56. The van der Waals surface area contributed by atoms with Crippen molar-refractivity contribution in [1.29, 1.82) is 0 Å². The van der Waals surface area contributed by atoms with Crippen LogP contribution in [0, 0.1) is 0 Å². The van der Waals surface area contributed by atoms with Crippen molar-refractivity contribution in [3.05, 3.63) is 44.0 Å². The Morgan fingerprint density at radius 2 is 2.11 bits per heavy atom. The van der Waals surface area contributed by atoms with Gasteiger partial charge in [-0.2, -0.15) is 0 Å². The fourth-order valence-electron chi connectivity index (χ4n) is 1.78. The summed E-state index contributed by atoms with van der Waals surface area (Å²) in [4.78, 5) is 12.9. The predicted molar refractivity (Wildman–Crippen MR) is 77.7 cm³/mol. The van der Waals surface area contributed by atoms with Gasteiger partial charge in [-0.25, -0.2) is 0 Å². The number of benzene rings is 1. The number of carbonyl (C=O) groups is 1. The van der Waals surface area contributed by atoms with E-state index in [9.17, 15) is 4.79 Å². The van der Waals surface area contributed by atoms with Crippen LogP contribution in [0.2, 0.25) is 4.34 Å². The summed E-state index contributed by atoms with van der Waals surface area (Å²) in [6.07, 6.45) is -0.628. The van der Waals surface area contributed by atoms with Crippen LogP contribution in [0.25, 0.3) is 0 Å². The minimum absolute atomic E-state index is 0.118. The second-order valence-corrected chi connectivity index (χ2v) is 6.47. The summed E-state index contributed by atoms with van der Waals surface area (Å²) in [7, 11) is 0. The van der Waals surface area contributed by atoms with Crippen LogP contribution in [0.15, 0.2) is 34.8 Å². The van der Waals surface area contributed by atoms with E-state index >= 15 is 0 Å². The lowest BCUT2D eigenvalue weighted by Crippen LogP contribution is -2.36. The lowest BCUT2D eigenvalue weighted by molar-refractivity contribution is 0.0590. The summed E-state index contributed by atoms with van der Waals surface area (Å²) in [6.45, 7) is 0.211. The van der Waals surface area contributed by atoms with Crippen molar-refractivity contribution in [2.24, 2.45) is 0 Å². The molecular weight excluding hydrogens is 352 g/mol. The van der Waals surface area contributed by atoms with E-state index in [1.165, 1.54) is 11.3 Å². The molecule has 1 aliphatic heterocycles. The highest BCUT2D eigenvalue weighted by molar-refractivity contribution is 9.10. The Morgan fingerprint density at radius 3 is 2.79 bits per heavy atom. The molecule has 0 saturated carbocycles. The van der Waals surface area contributed by atoms with Gasteiger partial charge < -0.3 is 9.47 Å². The third kappa shape index (κ3) is 2.50. The first kappa shape index (κ1) is 13.0. The molecule has 3 nitrogen and oxygen atoms in total. The fraction of sp³-hybridized carbons (Fsp3) is 0.154. The van der Waals surface area contributed by atoms with Gasteiger partial charge in [-0.1, -0.05) is 23.7 Å². The first-order valence-electron chi connectivity index (χ1n) is 5.52. The van der Waals surface area contributed by atoms with E-state index in [2.05, 4.69) is 15.9 Å². The highest BCUT2D eigenvalue weighted by Crippen LogP contribution is 2.35. The van der Waals surface area contributed by atoms with E-state index in [1.807, 2.05) is 18.2 Å². The Bertz CT molecular complexity index is 621. The molecule has 0 aliphatic carbocycles. The Kier molecular flexibility index (Phi) is 3.52. The standard InChI is InChI=1S/C13H8BrClO3S/c14-7-5-11(19-13(7)15)12(16)10-6-17-8-3-1-2-4-9(8)18-10/h1-5,10H,6H2. The summed E-state index contributed by atoms with van der Waals surface area (Å²) >= 11 is 10.5. The van der Waals surface area contributed by atoms with Gasteiger partial charge in [0.05, 0.1) is 4.88 Å². The third-order valence-corrected chi connectivity index (χ3v) is 5.18. The van der Waals surface area contributed by atoms with E-state index in [0.717, 1.165) is 4.47 Å². The average molecular weight is 360 g/mol. The number of fused-ring (bicyclic) bond motifs is 1. The van der Waals surface area contributed by atoms with Crippen LogP contribution < -0.4 is 9.47 Å². The highest BCUT2D eigenvalue weighted by atomic mass is 79.9. The summed E-state index contributed by atoms with van der Waals surface area (Å²) in [5, 5.41) is 0. The molecule has 6 heteroatoms. The molecule has 0 bridgehead atoms. The number of para-hydroxylation sites is 2. The molecule has 2 heterocycles. The van der Waals surface area contributed by atoms with Crippen LogP contribution >= 0.6 is 38.9 Å². The number of Topliss-reactive ketones (excluding diaryl/α,β-unsaturated/α-hetero) is 1. The number of ketones is 1. The molecule has 0 saturated heterocycles. The number of hydrogen-bond donors (Lipinski definition) is 0. The second-order valence-electron chi connectivity index (χ2n) is 3.96.